The lowest BCUT2D eigenvalue weighted by molar-refractivity contribution is -0.0745. The quantitative estimate of drug-likeness (QED) is 0.392. The maximum Gasteiger partial charge on any atom is 0.304 e. The molecule has 5 aliphatic rings. The van der Waals surface area contributed by atoms with Crippen LogP contribution in [0.15, 0.2) is 36.4 Å². The van der Waals surface area contributed by atoms with E-state index in [1.54, 1.807) is 7.11 Å². The van der Waals surface area contributed by atoms with Crippen molar-refractivity contribution >= 4 is 27.7 Å². The molecule has 4 aliphatic carbocycles. The minimum Gasteiger partial charge on any atom is -0.497 e. The van der Waals surface area contributed by atoms with Crippen LogP contribution in [0.5, 0.6) is 11.5 Å². The second-order valence-electron chi connectivity index (χ2n) is 12.3. The van der Waals surface area contributed by atoms with E-state index in [0.717, 1.165) is 64.8 Å². The van der Waals surface area contributed by atoms with Crippen molar-refractivity contribution in [3.63, 3.8) is 0 Å². The van der Waals surface area contributed by atoms with Crippen LogP contribution in [-0.4, -0.2) is 51.5 Å². The molecule has 1 atom stereocenters. The Balaban J connectivity index is 1.04. The van der Waals surface area contributed by atoms with Gasteiger partial charge in [-0.05, 0) is 86.5 Å². The third-order valence-electron chi connectivity index (χ3n) is 9.28. The summed E-state index contributed by atoms with van der Waals surface area (Å²) in [5.41, 5.74) is 0.593. The Morgan fingerprint density at radius 2 is 1.76 bits per heavy atom. The number of amides is 1. The van der Waals surface area contributed by atoms with E-state index in [9.17, 15) is 13.2 Å². The van der Waals surface area contributed by atoms with Crippen LogP contribution in [0, 0.1) is 29.0 Å². The molecule has 1 N–H and O–H groups in total. The van der Waals surface area contributed by atoms with Gasteiger partial charge in [0.05, 0.1) is 37.0 Å². The largest absolute Gasteiger partial charge is 0.497 e. The smallest absolute Gasteiger partial charge is 0.304 e. The molecule has 1 amide bonds. The molecule has 1 heterocycles. The fourth-order valence-electron chi connectivity index (χ4n) is 7.74. The number of ether oxygens (including phenoxy) is 3. The molecule has 7 rings (SSSR count). The number of methoxy groups -OCH3 is 1. The number of hydrogen-bond donors (Lipinski definition) is 1. The van der Waals surface area contributed by atoms with Crippen molar-refractivity contribution in [3.8, 4) is 11.5 Å². The average molecular weight is 607 g/mol. The molecule has 1 aliphatic heterocycles. The molecular formula is C30H36ClFN2O6S. The van der Waals surface area contributed by atoms with Crippen LogP contribution in [0.2, 0.25) is 5.02 Å². The summed E-state index contributed by atoms with van der Waals surface area (Å²) in [5.74, 6) is 1.23. The number of rotatable bonds is 10. The Labute approximate surface area is 245 Å². The minimum atomic E-state index is -4.21. The molecule has 0 spiro atoms. The standard InChI is InChI=1S/C30H36ClFN2O6S/c1-38-23-4-2-19(3-5-23)17-39-24-6-7-34(16-24)41(36,37)33-29(35)25-11-26(31)28(12-27(25)32)40-18-30-13-20-8-21(14-30)10-22(9-20)15-30/h2-5,11-12,20-22,24H,6-10,13-18H2,1H3,(H,33,35)/t20?,21?,22?,24-,30?/m0/s1. The zero-order valence-corrected chi connectivity index (χ0v) is 24.7. The number of hydrogen-bond acceptors (Lipinski definition) is 6. The molecular weight excluding hydrogens is 571 g/mol. The summed E-state index contributed by atoms with van der Waals surface area (Å²) in [6.07, 6.45) is 7.51. The van der Waals surface area contributed by atoms with Gasteiger partial charge in [0, 0.05) is 24.6 Å². The normalized spacial score (nSPS) is 29.0. The van der Waals surface area contributed by atoms with Gasteiger partial charge in [0.15, 0.2) is 0 Å². The van der Waals surface area contributed by atoms with Crippen molar-refractivity contribution in [2.75, 3.05) is 26.8 Å². The maximum absolute atomic E-state index is 15.1. The Morgan fingerprint density at radius 3 is 2.39 bits per heavy atom. The number of halogens is 2. The third kappa shape index (κ3) is 6.21. The highest BCUT2D eigenvalue weighted by Gasteiger charge is 2.51. The lowest BCUT2D eigenvalue weighted by Crippen LogP contribution is -2.48. The molecule has 1 saturated heterocycles. The van der Waals surface area contributed by atoms with E-state index in [1.165, 1.54) is 19.3 Å². The molecule has 0 unspecified atom stereocenters. The van der Waals surface area contributed by atoms with E-state index in [1.807, 2.05) is 29.0 Å². The Hall–Kier alpha value is -2.40. The van der Waals surface area contributed by atoms with E-state index in [2.05, 4.69) is 0 Å². The summed E-state index contributed by atoms with van der Waals surface area (Å²) in [6.45, 7) is 1.05. The van der Waals surface area contributed by atoms with Gasteiger partial charge in [-0.15, -0.1) is 0 Å². The number of nitrogens with one attached hydrogen (secondary N) is 1. The molecule has 0 aromatic heterocycles. The lowest BCUT2D eigenvalue weighted by Gasteiger charge is -2.56. The SMILES string of the molecule is COc1ccc(CO[C@H]2CCN(S(=O)(=O)NC(=O)c3cc(Cl)c(OCC45CC6CC(CC(C6)C4)C5)cc3F)C2)cc1. The van der Waals surface area contributed by atoms with Gasteiger partial charge in [0.25, 0.3) is 5.91 Å². The summed E-state index contributed by atoms with van der Waals surface area (Å²) < 4.78 is 61.1. The minimum absolute atomic E-state index is 0.0758. The van der Waals surface area contributed by atoms with E-state index < -0.39 is 27.5 Å². The Morgan fingerprint density at radius 1 is 1.10 bits per heavy atom. The van der Waals surface area contributed by atoms with E-state index in [4.69, 9.17) is 25.8 Å². The summed E-state index contributed by atoms with van der Waals surface area (Å²) in [5, 5.41) is 0.0758. The molecule has 0 radical (unpaired) electrons. The molecule has 41 heavy (non-hydrogen) atoms. The zero-order valence-electron chi connectivity index (χ0n) is 23.1. The molecule has 2 aromatic carbocycles. The van der Waals surface area contributed by atoms with E-state index in [0.29, 0.717) is 19.6 Å². The summed E-state index contributed by atoms with van der Waals surface area (Å²) in [7, 11) is -2.62. The molecule has 4 saturated carbocycles. The van der Waals surface area contributed by atoms with Gasteiger partial charge >= 0.3 is 10.2 Å². The van der Waals surface area contributed by atoms with Crippen molar-refractivity contribution in [1.29, 1.82) is 0 Å². The first-order chi connectivity index (χ1) is 19.6. The van der Waals surface area contributed by atoms with Crippen LogP contribution in [-0.2, 0) is 21.6 Å². The Bertz CT molecular complexity index is 1370. The summed E-state index contributed by atoms with van der Waals surface area (Å²) in [6, 6.07) is 9.63. The fourth-order valence-corrected chi connectivity index (χ4v) is 9.14. The molecule has 8 nitrogen and oxygen atoms in total. The number of benzene rings is 2. The fraction of sp³-hybridized carbons (Fsp3) is 0.567. The van der Waals surface area contributed by atoms with Crippen molar-refractivity contribution < 1.29 is 31.8 Å². The highest BCUT2D eigenvalue weighted by atomic mass is 35.5. The van der Waals surface area contributed by atoms with Crippen LogP contribution >= 0.6 is 11.6 Å². The van der Waals surface area contributed by atoms with Crippen molar-refractivity contribution in [2.45, 2.75) is 57.7 Å². The van der Waals surface area contributed by atoms with Gasteiger partial charge in [0.2, 0.25) is 0 Å². The van der Waals surface area contributed by atoms with E-state index in [-0.39, 0.29) is 35.4 Å². The monoisotopic (exact) mass is 606 g/mol. The van der Waals surface area contributed by atoms with E-state index >= 15 is 4.39 Å². The molecule has 11 heteroatoms. The van der Waals surface area contributed by atoms with Gasteiger partial charge < -0.3 is 14.2 Å². The first-order valence-corrected chi connectivity index (χ1v) is 16.1. The Kier molecular flexibility index (Phi) is 7.95. The second kappa shape index (κ2) is 11.4. The van der Waals surface area contributed by atoms with Crippen molar-refractivity contribution in [2.24, 2.45) is 23.2 Å². The van der Waals surface area contributed by atoms with Gasteiger partial charge in [-0.1, -0.05) is 23.7 Å². The van der Waals surface area contributed by atoms with Crippen LogP contribution in [0.1, 0.15) is 60.9 Å². The highest BCUT2D eigenvalue weighted by molar-refractivity contribution is 7.87. The molecule has 4 bridgehead atoms. The van der Waals surface area contributed by atoms with Gasteiger partial charge in [-0.25, -0.2) is 9.11 Å². The highest BCUT2D eigenvalue weighted by Crippen LogP contribution is 2.60. The summed E-state index contributed by atoms with van der Waals surface area (Å²) in [4.78, 5) is 12.8. The van der Waals surface area contributed by atoms with Crippen molar-refractivity contribution in [3.05, 3.63) is 58.4 Å². The molecule has 2 aromatic rings. The van der Waals surface area contributed by atoms with Crippen LogP contribution < -0.4 is 14.2 Å². The van der Waals surface area contributed by atoms with Crippen LogP contribution in [0.3, 0.4) is 0 Å². The zero-order chi connectivity index (χ0) is 28.8. The second-order valence-corrected chi connectivity index (χ2v) is 14.4. The van der Waals surface area contributed by atoms with Crippen LogP contribution in [0.4, 0.5) is 4.39 Å². The topological polar surface area (TPSA) is 94.2 Å². The number of carbonyl (C=O) groups is 1. The predicted molar refractivity (Wildman–Crippen MR) is 152 cm³/mol. The first-order valence-electron chi connectivity index (χ1n) is 14.3. The van der Waals surface area contributed by atoms with Crippen molar-refractivity contribution in [1.82, 2.24) is 9.03 Å². The third-order valence-corrected chi connectivity index (χ3v) is 11.0. The predicted octanol–water partition coefficient (Wildman–Crippen LogP) is 5.35. The molecule has 5 fully saturated rings. The van der Waals surface area contributed by atoms with Gasteiger partial charge in [0.1, 0.15) is 17.3 Å². The molecule has 222 valence electrons. The average Bonchev–Trinajstić information content (AvgIpc) is 3.42. The van der Waals surface area contributed by atoms with Crippen LogP contribution in [0.25, 0.3) is 0 Å². The number of nitrogens with zero attached hydrogens (tertiary/aromatic N) is 1. The summed E-state index contributed by atoms with van der Waals surface area (Å²) >= 11 is 6.40. The van der Waals surface area contributed by atoms with Gasteiger partial charge in [-0.3, -0.25) is 4.79 Å². The van der Waals surface area contributed by atoms with Gasteiger partial charge in [-0.2, -0.15) is 12.7 Å². The lowest BCUT2D eigenvalue weighted by atomic mass is 9.50. The maximum atomic E-state index is 15.1. The first kappa shape index (κ1) is 28.7. The number of carbonyl (C=O) groups excluding carboxylic acids is 1.